The van der Waals surface area contributed by atoms with Gasteiger partial charge < -0.3 is 9.94 Å². The van der Waals surface area contributed by atoms with Gasteiger partial charge in [-0.15, -0.1) is 0 Å². The third kappa shape index (κ3) is 4.74. The molecule has 0 aliphatic carbocycles. The first-order chi connectivity index (χ1) is 9.16. The molecule has 0 saturated carbocycles. The van der Waals surface area contributed by atoms with E-state index >= 15 is 0 Å². The zero-order chi connectivity index (χ0) is 13.7. The van der Waals surface area contributed by atoms with E-state index in [4.69, 9.17) is 9.94 Å². The number of para-hydroxylation sites is 1. The van der Waals surface area contributed by atoms with E-state index in [9.17, 15) is 4.79 Å². The Morgan fingerprint density at radius 3 is 2.35 bits per heavy atom. The van der Waals surface area contributed by atoms with Gasteiger partial charge in [0.2, 0.25) is 0 Å². The fraction of sp³-hybridized carbons (Fsp3) is 0.133. The standard InChI is InChI=1S/C15H15NO3.Na.H/c1-16(18)11-15(17)19-14-10-6-5-9-13(14)12-7-3-2-4-8-12;;/h2-10,18H,11H2,1H3;;. The number of nitrogens with zero attached hydrogens (tertiary/aromatic N) is 1. The second kappa shape index (κ2) is 8.19. The Morgan fingerprint density at radius 2 is 1.70 bits per heavy atom. The van der Waals surface area contributed by atoms with Crippen LogP contribution in [0.2, 0.25) is 0 Å². The summed E-state index contributed by atoms with van der Waals surface area (Å²) in [5, 5.41) is 9.80. The summed E-state index contributed by atoms with van der Waals surface area (Å²) >= 11 is 0. The fourth-order valence-corrected chi connectivity index (χ4v) is 1.75. The molecule has 2 aromatic rings. The third-order valence-corrected chi connectivity index (χ3v) is 2.55. The van der Waals surface area contributed by atoms with Crippen LogP contribution in [0.1, 0.15) is 0 Å². The first-order valence-electron chi connectivity index (χ1n) is 5.92. The van der Waals surface area contributed by atoms with Crippen molar-refractivity contribution in [2.24, 2.45) is 0 Å². The molecule has 0 radical (unpaired) electrons. The molecule has 0 atom stereocenters. The van der Waals surface area contributed by atoms with E-state index in [0.717, 1.165) is 16.2 Å². The van der Waals surface area contributed by atoms with Crippen LogP contribution < -0.4 is 4.74 Å². The van der Waals surface area contributed by atoms with Gasteiger partial charge in [-0.05, 0) is 11.6 Å². The van der Waals surface area contributed by atoms with Gasteiger partial charge in [0.25, 0.3) is 0 Å². The van der Waals surface area contributed by atoms with Crippen molar-refractivity contribution in [3.8, 4) is 16.9 Å². The summed E-state index contributed by atoms with van der Waals surface area (Å²) in [6, 6.07) is 17.0. The van der Waals surface area contributed by atoms with E-state index < -0.39 is 5.97 Å². The van der Waals surface area contributed by atoms with Gasteiger partial charge in [0, 0.05) is 12.6 Å². The molecule has 2 rings (SSSR count). The van der Waals surface area contributed by atoms with Gasteiger partial charge in [-0.1, -0.05) is 48.5 Å². The van der Waals surface area contributed by atoms with Crippen molar-refractivity contribution >= 4 is 35.5 Å². The minimum absolute atomic E-state index is 0. The van der Waals surface area contributed by atoms with Crippen LogP contribution in [-0.4, -0.2) is 59.4 Å². The number of esters is 1. The maximum atomic E-state index is 11.6. The average molecular weight is 281 g/mol. The Morgan fingerprint density at radius 1 is 1.10 bits per heavy atom. The molecule has 0 saturated heterocycles. The average Bonchev–Trinajstić information content (AvgIpc) is 2.39. The summed E-state index contributed by atoms with van der Waals surface area (Å²) < 4.78 is 5.27. The second-order valence-corrected chi connectivity index (χ2v) is 4.15. The van der Waals surface area contributed by atoms with Gasteiger partial charge in [-0.3, -0.25) is 4.79 Å². The summed E-state index contributed by atoms with van der Waals surface area (Å²) in [6.45, 7) is -0.177. The van der Waals surface area contributed by atoms with Crippen LogP contribution in [0.5, 0.6) is 5.75 Å². The summed E-state index contributed by atoms with van der Waals surface area (Å²) in [6.07, 6.45) is 0. The number of carbonyl (C=O) groups excluding carboxylic acids is 1. The van der Waals surface area contributed by atoms with E-state index in [1.807, 2.05) is 42.5 Å². The van der Waals surface area contributed by atoms with Crippen molar-refractivity contribution in [1.82, 2.24) is 5.06 Å². The molecule has 0 amide bonds. The van der Waals surface area contributed by atoms with Crippen molar-refractivity contribution < 1.29 is 14.7 Å². The Bertz CT molecular complexity index is 558. The van der Waals surface area contributed by atoms with Crippen molar-refractivity contribution in [3.05, 3.63) is 54.6 Å². The summed E-state index contributed by atoms with van der Waals surface area (Å²) in [7, 11) is 1.39. The van der Waals surface area contributed by atoms with Crippen molar-refractivity contribution in [2.75, 3.05) is 13.6 Å². The first kappa shape index (κ1) is 16.9. The molecule has 0 unspecified atom stereocenters. The molecule has 0 aliphatic rings. The normalized spacial score (nSPS) is 9.95. The van der Waals surface area contributed by atoms with Crippen molar-refractivity contribution in [2.45, 2.75) is 0 Å². The number of benzene rings is 2. The van der Waals surface area contributed by atoms with Gasteiger partial charge in [0.05, 0.1) is 0 Å². The van der Waals surface area contributed by atoms with Gasteiger partial charge in [0.1, 0.15) is 12.3 Å². The molecule has 0 aromatic heterocycles. The molecule has 20 heavy (non-hydrogen) atoms. The van der Waals surface area contributed by atoms with Gasteiger partial charge in [-0.25, -0.2) is 0 Å². The molecule has 0 fully saturated rings. The van der Waals surface area contributed by atoms with Crippen LogP contribution >= 0.6 is 0 Å². The number of hydrogen-bond donors (Lipinski definition) is 1. The number of ether oxygens (including phenoxy) is 1. The summed E-state index contributed by atoms with van der Waals surface area (Å²) in [5.41, 5.74) is 1.82. The fourth-order valence-electron chi connectivity index (χ4n) is 1.75. The predicted octanol–water partition coefficient (Wildman–Crippen LogP) is 1.93. The summed E-state index contributed by atoms with van der Waals surface area (Å²) in [5.74, 6) is -0.0195. The van der Waals surface area contributed by atoms with E-state index in [1.54, 1.807) is 12.1 Å². The van der Waals surface area contributed by atoms with E-state index in [2.05, 4.69) is 0 Å². The molecule has 0 bridgehead atoms. The number of rotatable bonds is 4. The Balaban J connectivity index is 0.00000200. The zero-order valence-electron chi connectivity index (χ0n) is 10.6. The minimum atomic E-state index is -0.506. The van der Waals surface area contributed by atoms with Crippen LogP contribution in [0.3, 0.4) is 0 Å². The molecule has 2 aromatic carbocycles. The quantitative estimate of drug-likeness (QED) is 0.403. The summed E-state index contributed by atoms with van der Waals surface area (Å²) in [4.78, 5) is 11.6. The Kier molecular flexibility index (Phi) is 6.91. The Labute approximate surface area is 140 Å². The number of carbonyl (C=O) groups is 1. The molecule has 0 spiro atoms. The Hall–Kier alpha value is -1.17. The topological polar surface area (TPSA) is 49.8 Å². The van der Waals surface area contributed by atoms with Crippen LogP contribution in [-0.2, 0) is 4.79 Å². The second-order valence-electron chi connectivity index (χ2n) is 4.15. The molecule has 0 heterocycles. The number of likely N-dealkylation sites (N-methyl/N-ethyl adjacent to an activating group) is 1. The van der Waals surface area contributed by atoms with E-state index in [0.29, 0.717) is 5.75 Å². The van der Waals surface area contributed by atoms with Crippen molar-refractivity contribution in [1.29, 1.82) is 0 Å². The van der Waals surface area contributed by atoms with Gasteiger partial charge in [0.15, 0.2) is 0 Å². The third-order valence-electron chi connectivity index (χ3n) is 2.55. The van der Waals surface area contributed by atoms with Gasteiger partial charge >= 0.3 is 35.5 Å². The molecular weight excluding hydrogens is 265 g/mol. The van der Waals surface area contributed by atoms with Crippen molar-refractivity contribution in [3.63, 3.8) is 0 Å². The molecule has 100 valence electrons. The monoisotopic (exact) mass is 281 g/mol. The molecular formula is C15H16NNaO3. The van der Waals surface area contributed by atoms with Gasteiger partial charge in [-0.2, -0.15) is 5.06 Å². The predicted molar refractivity (Wildman–Crippen MR) is 79.1 cm³/mol. The molecule has 4 nitrogen and oxygen atoms in total. The van der Waals surface area contributed by atoms with Crippen LogP contribution in [0.25, 0.3) is 11.1 Å². The SMILES string of the molecule is CN(O)CC(=O)Oc1ccccc1-c1ccccc1.[NaH]. The maximum absolute atomic E-state index is 11.6. The number of hydroxylamine groups is 2. The zero-order valence-corrected chi connectivity index (χ0v) is 10.6. The molecule has 1 N–H and O–H groups in total. The van der Waals surface area contributed by atoms with E-state index in [1.165, 1.54) is 7.05 Å². The molecule has 0 aliphatic heterocycles. The van der Waals surface area contributed by atoms with Crippen LogP contribution in [0, 0.1) is 0 Å². The molecule has 5 heteroatoms. The van der Waals surface area contributed by atoms with Crippen LogP contribution in [0.4, 0.5) is 0 Å². The van der Waals surface area contributed by atoms with Crippen LogP contribution in [0.15, 0.2) is 54.6 Å². The first-order valence-corrected chi connectivity index (χ1v) is 5.92. The number of hydrogen-bond acceptors (Lipinski definition) is 4. The van der Waals surface area contributed by atoms with E-state index in [-0.39, 0.29) is 36.1 Å².